The van der Waals surface area contributed by atoms with Crippen molar-refractivity contribution >= 4 is 17.6 Å². The zero-order valence-electron chi connectivity index (χ0n) is 16.6. The van der Waals surface area contributed by atoms with Gasteiger partial charge >= 0.3 is 17.9 Å². The number of hydrogen-bond donors (Lipinski definition) is 0. The highest BCUT2D eigenvalue weighted by Crippen LogP contribution is 2.25. The number of anilines is 1. The molecule has 1 aromatic heterocycles. The van der Waals surface area contributed by atoms with Gasteiger partial charge in [-0.1, -0.05) is 0 Å². The number of imidazole rings is 1. The molecule has 1 unspecified atom stereocenters. The molecule has 1 saturated heterocycles. The van der Waals surface area contributed by atoms with Gasteiger partial charge in [-0.05, 0) is 29.2 Å². The van der Waals surface area contributed by atoms with Crippen LogP contribution in [-0.2, 0) is 11.3 Å². The smallest absolute Gasteiger partial charge is 0.414 e. The van der Waals surface area contributed by atoms with Crippen LogP contribution in [0.5, 0.6) is 11.8 Å². The van der Waals surface area contributed by atoms with Gasteiger partial charge in [0.1, 0.15) is 24.7 Å². The van der Waals surface area contributed by atoms with E-state index in [9.17, 15) is 14.9 Å². The van der Waals surface area contributed by atoms with Gasteiger partial charge < -0.3 is 34.1 Å². The second-order valence-corrected chi connectivity index (χ2v) is 7.11. The van der Waals surface area contributed by atoms with Crippen molar-refractivity contribution in [2.24, 2.45) is 0 Å². The number of amides is 1. The highest BCUT2D eigenvalue weighted by atomic mass is 16.6. The van der Waals surface area contributed by atoms with Gasteiger partial charge in [0.15, 0.2) is 0 Å². The normalized spacial score (nSPS) is 18.4. The fourth-order valence-corrected chi connectivity index (χ4v) is 3.55. The van der Waals surface area contributed by atoms with E-state index in [1.54, 1.807) is 9.47 Å². The summed E-state index contributed by atoms with van der Waals surface area (Å²) in [6.07, 6.45) is 1.56. The maximum absolute atomic E-state index is 11.6. The van der Waals surface area contributed by atoms with Gasteiger partial charge in [0.05, 0.1) is 7.11 Å². The summed E-state index contributed by atoms with van der Waals surface area (Å²) in [6, 6.07) is 8.03. The number of hydrogen-bond acceptors (Lipinski definition) is 8. The molecule has 0 bridgehead atoms. The third-order valence-electron chi connectivity index (χ3n) is 5.23. The number of aryl methyl sites for hydroxylation is 1. The Hall–Kier alpha value is -3.50. The molecule has 11 nitrogen and oxygen atoms in total. The number of nitro groups is 1. The highest BCUT2D eigenvalue weighted by Gasteiger charge is 2.28. The van der Waals surface area contributed by atoms with Gasteiger partial charge in [-0.15, -0.1) is 0 Å². The van der Waals surface area contributed by atoms with Crippen molar-refractivity contribution < 1.29 is 23.9 Å². The number of carbonyl (C=O) groups is 1. The monoisotopic (exact) mass is 417 g/mol. The van der Waals surface area contributed by atoms with Crippen LogP contribution >= 0.6 is 0 Å². The van der Waals surface area contributed by atoms with Crippen LogP contribution < -0.4 is 14.4 Å². The minimum absolute atomic E-state index is 0.213. The number of rotatable bonds is 5. The Bertz CT molecular complexity index is 907. The van der Waals surface area contributed by atoms with E-state index < -0.39 is 4.92 Å². The molecule has 1 atom stereocenters. The van der Waals surface area contributed by atoms with Gasteiger partial charge in [0.25, 0.3) is 0 Å². The molecule has 4 rings (SSSR count). The second kappa shape index (κ2) is 8.47. The lowest BCUT2D eigenvalue weighted by Gasteiger charge is -2.35. The lowest BCUT2D eigenvalue weighted by atomic mass is 10.2. The summed E-state index contributed by atoms with van der Waals surface area (Å²) in [5, 5.41) is 10.8. The molecule has 0 N–H and O–H groups in total. The third-order valence-corrected chi connectivity index (χ3v) is 5.23. The van der Waals surface area contributed by atoms with E-state index in [4.69, 9.17) is 14.2 Å². The van der Waals surface area contributed by atoms with Crippen molar-refractivity contribution in [3.8, 4) is 11.8 Å². The molecule has 0 spiro atoms. The highest BCUT2D eigenvalue weighted by molar-refractivity contribution is 5.68. The summed E-state index contributed by atoms with van der Waals surface area (Å²) in [6.45, 7) is 3.65. The number of benzene rings is 1. The van der Waals surface area contributed by atoms with Crippen molar-refractivity contribution in [2.45, 2.75) is 19.1 Å². The molecular weight excluding hydrogens is 394 g/mol. The Balaban J connectivity index is 1.27. The van der Waals surface area contributed by atoms with Crippen LogP contribution in [0.4, 0.5) is 16.3 Å². The first-order chi connectivity index (χ1) is 14.5. The summed E-state index contributed by atoms with van der Waals surface area (Å²) >= 11 is 0. The van der Waals surface area contributed by atoms with Crippen LogP contribution in [0.2, 0.25) is 0 Å². The largest absolute Gasteiger partial charge is 0.490 e. The molecule has 30 heavy (non-hydrogen) atoms. The molecule has 2 aromatic rings. The predicted molar refractivity (Wildman–Crippen MR) is 106 cm³/mol. The summed E-state index contributed by atoms with van der Waals surface area (Å²) in [7, 11) is 1.39. The SMILES string of the molecule is COC(=O)N1CCN(c2ccc(OCC3CCn4cc([N+](=O)[O-])nc4O3)cc2)CC1. The number of nitrogens with zero attached hydrogens (tertiary/aromatic N) is 5. The molecule has 0 saturated carbocycles. The fraction of sp³-hybridized carbons (Fsp3) is 0.474. The lowest BCUT2D eigenvalue weighted by molar-refractivity contribution is -0.389. The van der Waals surface area contributed by atoms with E-state index in [0.717, 1.165) is 24.5 Å². The standard InChI is InChI=1S/C19H23N5O6/c1-28-19(25)22-10-8-21(9-11-22)14-2-4-15(5-3-14)29-13-16-6-7-23-12-17(24(26)27)20-18(23)30-16/h2-5,12,16H,6-11,13H2,1H3. The number of fused-ring (bicyclic) bond motifs is 1. The zero-order chi connectivity index (χ0) is 21.1. The molecule has 2 aliphatic rings. The Labute approximate surface area is 172 Å². The Morgan fingerprint density at radius 1 is 1.23 bits per heavy atom. The van der Waals surface area contributed by atoms with E-state index in [1.807, 2.05) is 24.3 Å². The van der Waals surface area contributed by atoms with Crippen molar-refractivity contribution in [3.05, 3.63) is 40.6 Å². The molecule has 1 aromatic carbocycles. The van der Waals surface area contributed by atoms with Gasteiger partial charge in [-0.3, -0.25) is 4.57 Å². The Kier molecular flexibility index (Phi) is 5.59. The van der Waals surface area contributed by atoms with Crippen molar-refractivity contribution in [1.29, 1.82) is 0 Å². The number of methoxy groups -OCH3 is 1. The topological polar surface area (TPSA) is 112 Å². The molecule has 2 aliphatic heterocycles. The van der Waals surface area contributed by atoms with Crippen molar-refractivity contribution in [3.63, 3.8) is 0 Å². The first kappa shape index (κ1) is 19.8. The Morgan fingerprint density at radius 3 is 2.63 bits per heavy atom. The van der Waals surface area contributed by atoms with E-state index in [1.165, 1.54) is 13.3 Å². The van der Waals surface area contributed by atoms with Crippen LogP contribution in [0.25, 0.3) is 0 Å². The average molecular weight is 417 g/mol. The molecule has 160 valence electrons. The quantitative estimate of drug-likeness (QED) is 0.536. The zero-order valence-corrected chi connectivity index (χ0v) is 16.6. The van der Waals surface area contributed by atoms with Crippen LogP contribution in [0.15, 0.2) is 30.5 Å². The minimum atomic E-state index is -0.531. The molecule has 3 heterocycles. The van der Waals surface area contributed by atoms with Gasteiger partial charge in [-0.25, -0.2) is 4.79 Å². The molecule has 1 amide bonds. The van der Waals surface area contributed by atoms with E-state index in [0.29, 0.717) is 32.7 Å². The molecule has 1 fully saturated rings. The van der Waals surface area contributed by atoms with Crippen LogP contribution in [-0.4, -0.2) is 71.5 Å². The van der Waals surface area contributed by atoms with Crippen LogP contribution in [0.3, 0.4) is 0 Å². The summed E-state index contributed by atoms with van der Waals surface area (Å²) in [5.41, 5.74) is 1.06. The first-order valence-corrected chi connectivity index (χ1v) is 9.72. The summed E-state index contributed by atoms with van der Waals surface area (Å²) in [4.78, 5) is 29.7. The average Bonchev–Trinajstić information content (AvgIpc) is 3.21. The van der Waals surface area contributed by atoms with Gasteiger partial charge in [0.2, 0.25) is 0 Å². The number of ether oxygens (including phenoxy) is 3. The first-order valence-electron chi connectivity index (χ1n) is 9.72. The van der Waals surface area contributed by atoms with Gasteiger partial charge in [0, 0.05) is 49.8 Å². The minimum Gasteiger partial charge on any atom is -0.490 e. The molecular formula is C19H23N5O6. The summed E-state index contributed by atoms with van der Waals surface area (Å²) in [5.74, 6) is 0.505. The maximum atomic E-state index is 11.6. The van der Waals surface area contributed by atoms with Crippen molar-refractivity contribution in [1.82, 2.24) is 14.5 Å². The maximum Gasteiger partial charge on any atom is 0.414 e. The van der Waals surface area contributed by atoms with Gasteiger partial charge in [-0.2, -0.15) is 0 Å². The number of carbonyl (C=O) groups excluding carboxylic acids is 1. The predicted octanol–water partition coefficient (Wildman–Crippen LogP) is 1.91. The van der Waals surface area contributed by atoms with E-state index in [-0.39, 0.29) is 24.0 Å². The number of aromatic nitrogens is 2. The number of piperazine rings is 1. The second-order valence-electron chi connectivity index (χ2n) is 7.11. The third kappa shape index (κ3) is 4.24. The van der Waals surface area contributed by atoms with E-state index >= 15 is 0 Å². The van der Waals surface area contributed by atoms with Crippen LogP contribution in [0, 0.1) is 10.1 Å². The molecule has 0 radical (unpaired) electrons. The molecule has 11 heteroatoms. The fourth-order valence-electron chi connectivity index (χ4n) is 3.55. The lowest BCUT2D eigenvalue weighted by Crippen LogP contribution is -2.48. The van der Waals surface area contributed by atoms with Crippen molar-refractivity contribution in [2.75, 3.05) is 44.8 Å². The Morgan fingerprint density at radius 2 is 1.97 bits per heavy atom. The summed E-state index contributed by atoms with van der Waals surface area (Å²) < 4.78 is 18.0. The molecule has 0 aliphatic carbocycles. The van der Waals surface area contributed by atoms with Crippen LogP contribution in [0.1, 0.15) is 6.42 Å². The van der Waals surface area contributed by atoms with E-state index in [2.05, 4.69) is 9.88 Å².